The summed E-state index contributed by atoms with van der Waals surface area (Å²) in [6, 6.07) is 1.51. The van der Waals surface area contributed by atoms with Gasteiger partial charge in [0.1, 0.15) is 29.7 Å². The largest absolute Gasteiger partial charge is 0.595 e. The lowest BCUT2D eigenvalue weighted by Gasteiger charge is -2.49. The Morgan fingerprint density at radius 2 is 2.00 bits per heavy atom. The molecule has 0 bridgehead atoms. The first-order chi connectivity index (χ1) is 20.0. The minimum atomic E-state index is -1.36. The van der Waals surface area contributed by atoms with Crippen molar-refractivity contribution in [2.45, 2.75) is 22.5 Å². The summed E-state index contributed by atoms with van der Waals surface area (Å²) in [6.45, 7) is -0.408. The lowest BCUT2D eigenvalue weighted by Crippen LogP contribution is -2.71. The number of hydrazine groups is 1. The van der Waals surface area contributed by atoms with Crippen LogP contribution in [0.15, 0.2) is 50.7 Å². The van der Waals surface area contributed by atoms with Gasteiger partial charge in [-0.15, -0.1) is 28.2 Å². The smallest absolute Gasteiger partial charge is 0.352 e. The monoisotopic (exact) mass is 636 g/mol. The van der Waals surface area contributed by atoms with Crippen molar-refractivity contribution >= 4 is 70.6 Å². The molecule has 5 rings (SSSR count). The van der Waals surface area contributed by atoms with Crippen LogP contribution in [0, 0.1) is 5.21 Å². The Morgan fingerprint density at radius 1 is 1.21 bits per heavy atom. The highest BCUT2D eigenvalue weighted by atomic mass is 32.2. The lowest BCUT2D eigenvalue weighted by molar-refractivity contribution is -0.707. The number of H-pyrrole nitrogens is 1. The third-order valence-electron chi connectivity index (χ3n) is 6.13. The molecule has 220 valence electrons. The van der Waals surface area contributed by atoms with Crippen LogP contribution in [0.3, 0.4) is 0 Å². The fourth-order valence-electron chi connectivity index (χ4n) is 4.25. The molecule has 2 fully saturated rings. The Morgan fingerprint density at radius 3 is 2.64 bits per heavy atom. The number of hydrogen-bond donors (Lipinski definition) is 6. The van der Waals surface area contributed by atoms with E-state index in [0.29, 0.717) is 10.5 Å². The number of nitrogens with one attached hydrogen (secondary N) is 5. The molecule has 3 aliphatic rings. The number of aromatic nitrogens is 2. The first-order valence-electron chi connectivity index (χ1n) is 11.9. The predicted molar refractivity (Wildman–Crippen MR) is 145 cm³/mol. The van der Waals surface area contributed by atoms with Crippen LogP contribution >= 0.6 is 34.9 Å². The number of urea groups is 2. The van der Waals surface area contributed by atoms with Gasteiger partial charge in [-0.05, 0) is 28.8 Å². The predicted octanol–water partition coefficient (Wildman–Crippen LogP) is -1.59. The summed E-state index contributed by atoms with van der Waals surface area (Å²) in [7, 11) is 0. The lowest BCUT2D eigenvalue weighted by atomic mass is 10.0. The molecule has 0 saturated carbocycles. The van der Waals surface area contributed by atoms with E-state index in [1.807, 2.05) is 5.32 Å². The summed E-state index contributed by atoms with van der Waals surface area (Å²) in [6.07, 6.45) is 0. The fourth-order valence-corrected chi connectivity index (χ4v) is 7.38. The molecule has 2 aromatic heterocycles. The third kappa shape index (κ3) is 5.76. The van der Waals surface area contributed by atoms with E-state index < -0.39 is 65.3 Å². The van der Waals surface area contributed by atoms with Crippen LogP contribution in [0.2, 0.25) is 0 Å². The molecule has 20 heteroatoms. The highest BCUT2D eigenvalue weighted by Gasteiger charge is 2.54. The van der Waals surface area contributed by atoms with Crippen LogP contribution < -0.4 is 31.8 Å². The molecular weight excluding hydrogens is 616 g/mol. The van der Waals surface area contributed by atoms with E-state index in [2.05, 4.69) is 21.2 Å². The summed E-state index contributed by atoms with van der Waals surface area (Å²) in [5.41, 5.74) is 1.70. The van der Waals surface area contributed by atoms with E-state index in [4.69, 9.17) is 0 Å². The van der Waals surface area contributed by atoms with Crippen molar-refractivity contribution in [3.8, 4) is 0 Å². The average molecular weight is 637 g/mol. The number of aliphatic carboxylic acids is 1. The molecule has 42 heavy (non-hydrogen) atoms. The van der Waals surface area contributed by atoms with Gasteiger partial charge in [0.2, 0.25) is 11.8 Å². The van der Waals surface area contributed by atoms with Crippen molar-refractivity contribution in [1.82, 2.24) is 36.4 Å². The van der Waals surface area contributed by atoms with Gasteiger partial charge >= 0.3 is 18.0 Å². The van der Waals surface area contributed by atoms with Gasteiger partial charge < -0.3 is 20.9 Å². The highest BCUT2D eigenvalue weighted by Crippen LogP contribution is 2.41. The summed E-state index contributed by atoms with van der Waals surface area (Å²) in [5, 5.41) is 32.6. The molecule has 5 heterocycles. The Bertz CT molecular complexity index is 1580. The van der Waals surface area contributed by atoms with Gasteiger partial charge in [-0.3, -0.25) is 29.4 Å². The van der Waals surface area contributed by atoms with Crippen LogP contribution in [0.4, 0.5) is 9.59 Å². The van der Waals surface area contributed by atoms with E-state index in [1.54, 1.807) is 17.5 Å². The topological polar surface area (TPSA) is 237 Å². The van der Waals surface area contributed by atoms with Crippen LogP contribution in [-0.2, 0) is 19.2 Å². The first kappa shape index (κ1) is 29.0. The fraction of sp³-hybridized carbons (Fsp3) is 0.273. The Labute approximate surface area is 247 Å². The normalized spacial score (nSPS) is 20.4. The zero-order valence-electron chi connectivity index (χ0n) is 21.0. The van der Waals surface area contributed by atoms with Crippen molar-refractivity contribution in [3.05, 3.63) is 61.4 Å². The molecule has 7 amide bonds. The molecule has 0 aliphatic carbocycles. The van der Waals surface area contributed by atoms with Gasteiger partial charge in [0.05, 0.1) is 0 Å². The molecule has 2 saturated heterocycles. The van der Waals surface area contributed by atoms with Gasteiger partial charge in [0, 0.05) is 28.5 Å². The average Bonchev–Trinajstić information content (AvgIpc) is 3.58. The summed E-state index contributed by atoms with van der Waals surface area (Å²) in [5.74, 6) is -3.17. The Kier molecular flexibility index (Phi) is 8.09. The number of β-lactam (4-membered cyclic amide) rings is 1. The molecule has 0 radical (unpaired) electrons. The minimum absolute atomic E-state index is 0.0521. The number of carboxylic acids is 1. The minimum Gasteiger partial charge on any atom is -0.595 e. The highest BCUT2D eigenvalue weighted by molar-refractivity contribution is 8.01. The number of amides is 7. The van der Waals surface area contributed by atoms with Crippen LogP contribution in [0.5, 0.6) is 0 Å². The van der Waals surface area contributed by atoms with Crippen molar-refractivity contribution in [1.29, 1.82) is 0 Å². The number of nitrogens with zero attached hydrogens (tertiary/aromatic N) is 3. The van der Waals surface area contributed by atoms with Gasteiger partial charge in [0.25, 0.3) is 16.5 Å². The second kappa shape index (κ2) is 11.7. The van der Waals surface area contributed by atoms with E-state index in [1.165, 1.54) is 17.8 Å². The molecule has 2 aromatic rings. The summed E-state index contributed by atoms with van der Waals surface area (Å²) in [4.78, 5) is 87.2. The van der Waals surface area contributed by atoms with Gasteiger partial charge in [0.15, 0.2) is 0 Å². The molecule has 2 unspecified atom stereocenters. The summed E-state index contributed by atoms with van der Waals surface area (Å²) >= 11 is 3.35. The van der Waals surface area contributed by atoms with E-state index in [-0.39, 0.29) is 27.1 Å². The van der Waals surface area contributed by atoms with Crippen LogP contribution in [0.1, 0.15) is 10.9 Å². The maximum Gasteiger partial charge on any atom is 0.352 e. The van der Waals surface area contributed by atoms with E-state index >= 15 is 0 Å². The SMILES string of the molecule is O=C1CN(NC(=O)NC(C(=O)N[C@H]2C(=O)N3C(C(=O)O)=C(CSc4ccc(=O)[nH][n+]4[O-])CSC23)c2cccs2)C(=O)N1. The van der Waals surface area contributed by atoms with Crippen molar-refractivity contribution in [2.75, 3.05) is 18.1 Å². The van der Waals surface area contributed by atoms with Gasteiger partial charge in [-0.2, -0.15) is 0 Å². The summed E-state index contributed by atoms with van der Waals surface area (Å²) < 4.78 is 0. The number of imide groups is 1. The standard InChI is InChI=1S/C22H20N8O9S3/c31-11-3-4-13(30(39)26-11)41-7-9-8-42-19-15(18(34)29(19)16(9)20(35)36)24-17(33)14(10-2-1-5-40-10)25-21(37)27-28-6-12(32)23-22(28)38/h1-5,14-15,19H,6-8H2,(H,24,33)(H,26,31)(H,35,36)(H,23,32,38)(H2,25,27,37)/t14?,15-,19?/m0/s1. The molecule has 6 N–H and O–H groups in total. The van der Waals surface area contributed by atoms with E-state index in [0.717, 1.165) is 39.1 Å². The number of thiophene rings is 1. The Hall–Kier alpha value is -4.56. The number of thioether (sulfide) groups is 2. The second-order valence-corrected chi connectivity index (χ2v) is 11.9. The number of hydrogen-bond acceptors (Lipinski definition) is 11. The molecule has 3 aliphatic heterocycles. The molecule has 17 nitrogen and oxygen atoms in total. The zero-order valence-corrected chi connectivity index (χ0v) is 23.5. The van der Waals surface area contributed by atoms with Gasteiger partial charge in [-0.1, -0.05) is 10.9 Å². The van der Waals surface area contributed by atoms with Crippen molar-refractivity contribution in [3.63, 3.8) is 0 Å². The maximum absolute atomic E-state index is 13.3. The number of rotatable bonds is 9. The Balaban J connectivity index is 1.27. The number of carbonyl (C=O) groups is 6. The second-order valence-electron chi connectivity index (χ2n) is 8.86. The molecular formula is C22H20N8O9S3. The van der Waals surface area contributed by atoms with Crippen LogP contribution in [0.25, 0.3) is 0 Å². The number of aromatic amines is 1. The number of fused-ring (bicyclic) bond motifs is 1. The zero-order chi connectivity index (χ0) is 30.1. The van der Waals surface area contributed by atoms with Crippen molar-refractivity contribution < 1.29 is 38.7 Å². The number of carboxylic acid groups (broad SMARTS) is 1. The van der Waals surface area contributed by atoms with E-state index in [9.17, 15) is 43.9 Å². The third-order valence-corrected chi connectivity index (χ3v) is 9.49. The maximum atomic E-state index is 13.3. The quantitative estimate of drug-likeness (QED) is 0.0603. The molecule has 0 spiro atoms. The first-order valence-corrected chi connectivity index (χ1v) is 14.8. The molecule has 0 aromatic carbocycles. The van der Waals surface area contributed by atoms with Crippen molar-refractivity contribution in [2.24, 2.45) is 0 Å². The number of carbonyl (C=O) groups excluding carboxylic acids is 5. The molecule has 3 atom stereocenters. The van der Waals surface area contributed by atoms with Crippen LogP contribution in [-0.4, -0.2) is 85.3 Å². The van der Waals surface area contributed by atoms with Gasteiger partial charge in [-0.25, -0.2) is 24.8 Å².